The molecule has 0 aromatic rings. The van der Waals surface area contributed by atoms with Crippen LogP contribution in [0.3, 0.4) is 0 Å². The number of hydrogen-bond acceptors (Lipinski definition) is 23. The zero-order valence-corrected chi connectivity index (χ0v) is 46.6. The lowest BCUT2D eigenvalue weighted by atomic mass is 9.38. The molecule has 3 saturated carbocycles. The van der Waals surface area contributed by atoms with E-state index < -0.39 is 177 Å². The average molecular weight is 1120 g/mol. The highest BCUT2D eigenvalue weighted by Gasteiger charge is 2.70. The van der Waals surface area contributed by atoms with Gasteiger partial charge in [-0.3, -0.25) is 0 Å². The Kier molecular flexibility index (Phi) is 19.1. The summed E-state index contributed by atoms with van der Waals surface area (Å²) in [5.74, 6) is 0.292. The molecule has 7 fully saturated rings. The van der Waals surface area contributed by atoms with Crippen molar-refractivity contribution in [1.82, 2.24) is 0 Å². The lowest BCUT2D eigenvalue weighted by Crippen LogP contribution is -2.65. The Morgan fingerprint density at radius 1 is 0.615 bits per heavy atom. The first-order valence-electron chi connectivity index (χ1n) is 28.4. The molecule has 4 saturated heterocycles. The molecule has 452 valence electrons. The summed E-state index contributed by atoms with van der Waals surface area (Å²) in [6.07, 6.45) is -25.7. The van der Waals surface area contributed by atoms with Gasteiger partial charge in [-0.25, -0.2) is 0 Å². The lowest BCUT2D eigenvalue weighted by molar-refractivity contribution is -0.379. The van der Waals surface area contributed by atoms with E-state index in [4.69, 9.17) is 37.9 Å². The number of hydrogen-bond donors (Lipinski definition) is 15. The normalized spacial score (nSPS) is 51.4. The van der Waals surface area contributed by atoms with Crippen LogP contribution in [0, 0.1) is 45.3 Å². The van der Waals surface area contributed by atoms with Gasteiger partial charge in [0.05, 0.1) is 49.8 Å². The Bertz CT molecular complexity index is 2020. The molecule has 0 spiro atoms. The zero-order chi connectivity index (χ0) is 57.5. The maximum Gasteiger partial charge on any atom is 0.187 e. The fraction of sp³-hybridized carbons (Fsp3) is 0.964. The fourth-order valence-electron chi connectivity index (χ4n) is 15.8. The molecule has 8 rings (SSSR count). The second-order valence-electron chi connectivity index (χ2n) is 26.1. The van der Waals surface area contributed by atoms with Crippen LogP contribution < -0.4 is 0 Å². The van der Waals surface area contributed by atoms with Gasteiger partial charge in [0, 0.05) is 10.8 Å². The van der Waals surface area contributed by atoms with Crippen molar-refractivity contribution < 1.29 is 114 Å². The number of allylic oxidation sites excluding steroid dienone is 1. The standard InChI is InChI=1S/C55H94O23/c1-10-27-35(59)39(63)45(69)49(72-27)78-46-42(66)38(62)30(22-71-47-43(67)40(64)36(60)28(20-56)73-47)75-50(46)77-34(52(5,6)70)15-11-23(2)24-17-18-53(7)31-14-12-25-26(55(31,9)32(58)19-54(24,53)8)13-16-33(51(25,3)4)76-48-44(68)41(65)37(61)29(21-57)74-48/h12,23-24,26-50,56-70H,10-11,13-22H2,1-9H3/t23-,24?,26?,27+,28?,29-,30-,31?,32-,33+,34-,35+,36-,37-,38-,39-,40+,41+,42+,43-,44-,45+,46-,47+,48+,49-,50+,53+,54-,55+/m1/s1. The van der Waals surface area contributed by atoms with E-state index in [-0.39, 0.29) is 47.3 Å². The van der Waals surface area contributed by atoms with Gasteiger partial charge >= 0.3 is 0 Å². The monoisotopic (exact) mass is 1120 g/mol. The van der Waals surface area contributed by atoms with E-state index in [9.17, 15) is 76.6 Å². The topological polar surface area (TPSA) is 377 Å². The highest BCUT2D eigenvalue weighted by atomic mass is 16.8. The fourth-order valence-corrected chi connectivity index (χ4v) is 15.8. The zero-order valence-electron chi connectivity index (χ0n) is 46.6. The number of fused-ring (bicyclic) bond motifs is 5. The minimum absolute atomic E-state index is 0.0180. The third kappa shape index (κ3) is 11.0. The highest BCUT2D eigenvalue weighted by Crippen LogP contribution is 2.75. The first kappa shape index (κ1) is 62.9. The van der Waals surface area contributed by atoms with Crippen LogP contribution in [-0.4, -0.2) is 243 Å². The van der Waals surface area contributed by atoms with Crippen molar-refractivity contribution in [2.24, 2.45) is 45.3 Å². The molecule has 23 nitrogen and oxygen atoms in total. The van der Waals surface area contributed by atoms with Gasteiger partial charge in [0.15, 0.2) is 25.2 Å². The number of aliphatic hydroxyl groups is 15. The summed E-state index contributed by atoms with van der Waals surface area (Å²) in [4.78, 5) is 0. The minimum atomic E-state index is -1.87. The van der Waals surface area contributed by atoms with E-state index in [1.54, 1.807) is 20.8 Å². The van der Waals surface area contributed by atoms with E-state index in [0.717, 1.165) is 19.3 Å². The summed E-state index contributed by atoms with van der Waals surface area (Å²) < 4.78 is 48.3. The third-order valence-electron chi connectivity index (χ3n) is 21.0. The highest BCUT2D eigenvalue weighted by molar-refractivity contribution is 5.32. The van der Waals surface area contributed by atoms with Crippen LogP contribution in [0.15, 0.2) is 11.6 Å². The molecule has 4 unspecified atom stereocenters. The van der Waals surface area contributed by atoms with Gasteiger partial charge in [-0.1, -0.05) is 60.1 Å². The second kappa shape index (κ2) is 23.7. The first-order valence-corrected chi connectivity index (χ1v) is 28.4. The van der Waals surface area contributed by atoms with Crippen molar-refractivity contribution in [2.75, 3.05) is 19.8 Å². The van der Waals surface area contributed by atoms with E-state index in [2.05, 4.69) is 47.6 Å². The molecule has 15 N–H and O–H groups in total. The van der Waals surface area contributed by atoms with Crippen molar-refractivity contribution in [3.05, 3.63) is 11.6 Å². The molecule has 30 atom stereocenters. The summed E-state index contributed by atoms with van der Waals surface area (Å²) in [7, 11) is 0. The molecule has 78 heavy (non-hydrogen) atoms. The lowest BCUT2D eigenvalue weighted by Gasteiger charge is -2.67. The van der Waals surface area contributed by atoms with E-state index in [0.29, 0.717) is 25.7 Å². The molecule has 4 aliphatic carbocycles. The Hall–Kier alpha value is -1.18. The number of aliphatic hydroxyl groups excluding tert-OH is 14. The van der Waals surface area contributed by atoms with E-state index in [1.807, 2.05) is 0 Å². The second-order valence-corrected chi connectivity index (χ2v) is 26.1. The number of rotatable bonds is 17. The third-order valence-corrected chi connectivity index (χ3v) is 21.0. The van der Waals surface area contributed by atoms with Gasteiger partial charge in [-0.15, -0.1) is 0 Å². The molecule has 4 heterocycles. The van der Waals surface area contributed by atoms with Crippen molar-refractivity contribution in [3.63, 3.8) is 0 Å². The molecular formula is C55H94O23. The quantitative estimate of drug-likeness (QED) is 0.0714. The van der Waals surface area contributed by atoms with Crippen LogP contribution in [-0.2, 0) is 37.9 Å². The molecule has 0 aromatic carbocycles. The van der Waals surface area contributed by atoms with Crippen molar-refractivity contribution in [2.45, 2.75) is 267 Å². The molecule has 0 amide bonds. The molecular weight excluding hydrogens is 1030 g/mol. The molecule has 23 heteroatoms. The van der Waals surface area contributed by atoms with Gasteiger partial charge in [0.2, 0.25) is 0 Å². The molecule has 4 aliphatic heterocycles. The Labute approximate surface area is 457 Å². The van der Waals surface area contributed by atoms with Crippen LogP contribution in [0.1, 0.15) is 120 Å². The molecule has 0 radical (unpaired) electrons. The smallest absolute Gasteiger partial charge is 0.187 e. The predicted octanol–water partition coefficient (Wildman–Crippen LogP) is -1.81. The summed E-state index contributed by atoms with van der Waals surface area (Å²) in [6, 6.07) is 0. The van der Waals surface area contributed by atoms with Crippen LogP contribution in [0.25, 0.3) is 0 Å². The van der Waals surface area contributed by atoms with Crippen molar-refractivity contribution in [1.29, 1.82) is 0 Å². The van der Waals surface area contributed by atoms with Crippen LogP contribution in [0.5, 0.6) is 0 Å². The Morgan fingerprint density at radius 2 is 1.14 bits per heavy atom. The van der Waals surface area contributed by atoms with E-state index in [1.165, 1.54) is 5.57 Å². The molecule has 8 aliphatic rings. The maximum absolute atomic E-state index is 12.7. The maximum atomic E-state index is 12.7. The molecule has 0 bridgehead atoms. The van der Waals surface area contributed by atoms with Gasteiger partial charge in [-0.2, -0.15) is 0 Å². The summed E-state index contributed by atoms with van der Waals surface area (Å²) in [5.41, 5.74) is -1.97. The van der Waals surface area contributed by atoms with Crippen molar-refractivity contribution in [3.8, 4) is 0 Å². The van der Waals surface area contributed by atoms with Crippen molar-refractivity contribution >= 4 is 0 Å². The summed E-state index contributed by atoms with van der Waals surface area (Å²) in [5, 5.41) is 163. The summed E-state index contributed by atoms with van der Waals surface area (Å²) in [6.45, 7) is 16.2. The average Bonchev–Trinajstić information content (AvgIpc) is 2.92. The van der Waals surface area contributed by atoms with Gasteiger partial charge in [0.1, 0.15) is 91.6 Å². The SMILES string of the molecule is CC[C@@H]1O[C@H](O[C@H]2[C@H](O[C@H](CC[C@@H](C)C3CC[C@@]4(C)C5CC=C6C(CC[C@H](O[C@@H]7O[C@H](CO)[C@@H](O)[C@H](O)[C@H]7O)C6(C)C)[C@]5(C)[C@H](O)C[C@]34C)C(C)(C)O)O[C@H](CO[C@H]3OC(CO)[C@@H](O)[C@H](O)[C@H]3O)[C@@H](O)[C@@H]2O)[C@@H](O)[C@H](O)[C@H]1O. The summed E-state index contributed by atoms with van der Waals surface area (Å²) >= 11 is 0. The minimum Gasteiger partial charge on any atom is -0.394 e. The van der Waals surface area contributed by atoms with Crippen LogP contribution >= 0.6 is 0 Å². The van der Waals surface area contributed by atoms with Gasteiger partial charge in [0.25, 0.3) is 0 Å². The molecule has 0 aromatic heterocycles. The Morgan fingerprint density at radius 3 is 1.72 bits per heavy atom. The number of ether oxygens (including phenoxy) is 8. The van der Waals surface area contributed by atoms with Gasteiger partial charge < -0.3 is 114 Å². The first-order chi connectivity index (χ1) is 36.4. The van der Waals surface area contributed by atoms with Crippen LogP contribution in [0.4, 0.5) is 0 Å². The van der Waals surface area contributed by atoms with Gasteiger partial charge in [-0.05, 0) is 106 Å². The van der Waals surface area contributed by atoms with E-state index >= 15 is 0 Å². The Balaban J connectivity index is 0.987. The van der Waals surface area contributed by atoms with Crippen LogP contribution in [0.2, 0.25) is 0 Å². The predicted molar refractivity (Wildman–Crippen MR) is 271 cm³/mol. The largest absolute Gasteiger partial charge is 0.394 e.